The van der Waals surface area contributed by atoms with E-state index in [2.05, 4.69) is 0 Å². The number of benzene rings is 1. The summed E-state index contributed by atoms with van der Waals surface area (Å²) in [6.07, 6.45) is 0. The summed E-state index contributed by atoms with van der Waals surface area (Å²) < 4.78 is 5.00. The normalized spacial score (nSPS) is 12.3. The Hall–Kier alpha value is -0.810. The molecule has 1 unspecified atom stereocenters. The highest BCUT2D eigenvalue weighted by Gasteiger charge is 2.21. The van der Waals surface area contributed by atoms with Crippen molar-refractivity contribution in [2.75, 3.05) is 13.7 Å². The van der Waals surface area contributed by atoms with E-state index in [1.165, 1.54) is 19.2 Å². The standard InChI is InChI=1S/C10H11Cl2NO3/c1-16-10-6(9(15)8(13)4-14)2-5(11)3-7(10)12/h2-3,8,14H,4,13H2,1H3. The summed E-state index contributed by atoms with van der Waals surface area (Å²) in [4.78, 5) is 11.8. The third-order valence-electron chi connectivity index (χ3n) is 2.01. The van der Waals surface area contributed by atoms with Gasteiger partial charge in [0.05, 0.1) is 30.3 Å². The Bertz CT molecular complexity index is 409. The van der Waals surface area contributed by atoms with E-state index in [0.29, 0.717) is 5.02 Å². The number of hydrogen-bond acceptors (Lipinski definition) is 4. The summed E-state index contributed by atoms with van der Waals surface area (Å²) in [7, 11) is 1.39. The molecule has 0 aliphatic carbocycles. The molecule has 1 aromatic rings. The van der Waals surface area contributed by atoms with Crippen LogP contribution < -0.4 is 10.5 Å². The van der Waals surface area contributed by atoms with Crippen molar-refractivity contribution in [3.05, 3.63) is 27.7 Å². The monoisotopic (exact) mass is 263 g/mol. The lowest BCUT2D eigenvalue weighted by molar-refractivity contribution is 0.0922. The Balaban J connectivity index is 3.26. The van der Waals surface area contributed by atoms with Crippen molar-refractivity contribution in [2.45, 2.75) is 6.04 Å². The summed E-state index contributed by atoms with van der Waals surface area (Å²) in [5.41, 5.74) is 5.60. The van der Waals surface area contributed by atoms with Gasteiger partial charge >= 0.3 is 0 Å². The van der Waals surface area contributed by atoms with Crippen LogP contribution in [0.5, 0.6) is 5.75 Å². The molecule has 0 aliphatic rings. The summed E-state index contributed by atoms with van der Waals surface area (Å²) in [5.74, 6) is -0.260. The van der Waals surface area contributed by atoms with Crippen molar-refractivity contribution >= 4 is 29.0 Å². The fourth-order valence-electron chi connectivity index (χ4n) is 1.23. The molecule has 0 aromatic heterocycles. The maximum Gasteiger partial charge on any atom is 0.185 e. The van der Waals surface area contributed by atoms with Gasteiger partial charge in [-0.25, -0.2) is 0 Å². The Morgan fingerprint density at radius 2 is 2.19 bits per heavy atom. The van der Waals surface area contributed by atoms with Crippen molar-refractivity contribution in [3.63, 3.8) is 0 Å². The second-order valence-corrected chi connectivity index (χ2v) is 3.97. The first kappa shape index (κ1) is 13.3. The average molecular weight is 264 g/mol. The summed E-state index contributed by atoms with van der Waals surface area (Å²) in [6, 6.07) is 1.86. The van der Waals surface area contributed by atoms with Crippen molar-refractivity contribution in [1.29, 1.82) is 0 Å². The van der Waals surface area contributed by atoms with Gasteiger partial charge in [0.25, 0.3) is 0 Å². The predicted molar refractivity (Wildman–Crippen MR) is 62.4 cm³/mol. The molecular weight excluding hydrogens is 253 g/mol. The molecule has 6 heteroatoms. The van der Waals surface area contributed by atoms with Crippen molar-refractivity contribution in [2.24, 2.45) is 5.73 Å². The number of rotatable bonds is 4. The van der Waals surface area contributed by atoms with Gasteiger partial charge in [-0.2, -0.15) is 0 Å². The van der Waals surface area contributed by atoms with Crippen LogP contribution in [0.4, 0.5) is 0 Å². The van der Waals surface area contributed by atoms with Gasteiger partial charge in [-0.3, -0.25) is 4.79 Å². The quantitative estimate of drug-likeness (QED) is 0.808. The average Bonchev–Trinajstić information content (AvgIpc) is 2.26. The van der Waals surface area contributed by atoms with Gasteiger partial charge in [-0.15, -0.1) is 0 Å². The van der Waals surface area contributed by atoms with Crippen LogP contribution in [-0.4, -0.2) is 30.6 Å². The van der Waals surface area contributed by atoms with Crippen LogP contribution in [0.15, 0.2) is 12.1 Å². The number of aliphatic hydroxyl groups is 1. The van der Waals surface area contributed by atoms with Gasteiger partial charge in [0.15, 0.2) is 5.78 Å². The van der Waals surface area contributed by atoms with E-state index in [9.17, 15) is 4.79 Å². The van der Waals surface area contributed by atoms with Gasteiger partial charge in [-0.05, 0) is 12.1 Å². The molecule has 0 heterocycles. The highest BCUT2D eigenvalue weighted by atomic mass is 35.5. The minimum Gasteiger partial charge on any atom is -0.494 e. The van der Waals surface area contributed by atoms with Gasteiger partial charge in [0.1, 0.15) is 5.75 Å². The van der Waals surface area contributed by atoms with Crippen molar-refractivity contribution in [1.82, 2.24) is 0 Å². The number of hydrogen-bond donors (Lipinski definition) is 2. The number of Topliss-reactive ketones (excluding diaryl/α,β-unsaturated/α-hetero) is 1. The second-order valence-electron chi connectivity index (χ2n) is 3.12. The number of nitrogens with two attached hydrogens (primary N) is 1. The van der Waals surface area contributed by atoms with Crippen LogP contribution in [0.1, 0.15) is 10.4 Å². The summed E-state index contributed by atoms with van der Waals surface area (Å²) >= 11 is 11.6. The lowest BCUT2D eigenvalue weighted by Gasteiger charge is -2.12. The molecule has 0 saturated heterocycles. The highest BCUT2D eigenvalue weighted by molar-refractivity contribution is 6.36. The number of carbonyl (C=O) groups excluding carboxylic acids is 1. The first-order valence-electron chi connectivity index (χ1n) is 4.45. The van der Waals surface area contributed by atoms with Gasteiger partial charge in [0, 0.05) is 5.02 Å². The van der Waals surface area contributed by atoms with Crippen molar-refractivity contribution in [3.8, 4) is 5.75 Å². The van der Waals surface area contributed by atoms with Gasteiger partial charge in [0.2, 0.25) is 0 Å². The van der Waals surface area contributed by atoms with Crippen LogP contribution in [0.3, 0.4) is 0 Å². The molecular formula is C10H11Cl2NO3. The highest BCUT2D eigenvalue weighted by Crippen LogP contribution is 2.32. The molecule has 1 rings (SSSR count). The van der Waals surface area contributed by atoms with E-state index in [4.69, 9.17) is 38.8 Å². The molecule has 88 valence electrons. The van der Waals surface area contributed by atoms with E-state index in [-0.39, 0.29) is 16.3 Å². The first-order chi connectivity index (χ1) is 7.51. The molecule has 1 aromatic carbocycles. The van der Waals surface area contributed by atoms with E-state index in [0.717, 1.165) is 0 Å². The molecule has 0 saturated carbocycles. The minimum absolute atomic E-state index is 0.168. The molecule has 0 fully saturated rings. The lowest BCUT2D eigenvalue weighted by atomic mass is 10.0. The fraction of sp³-hybridized carbons (Fsp3) is 0.300. The molecule has 0 bridgehead atoms. The molecule has 0 aliphatic heterocycles. The molecule has 0 amide bonds. The second kappa shape index (κ2) is 5.50. The third kappa shape index (κ3) is 2.65. The first-order valence-corrected chi connectivity index (χ1v) is 5.20. The van der Waals surface area contributed by atoms with Crippen LogP contribution in [0.2, 0.25) is 10.0 Å². The Morgan fingerprint density at radius 1 is 1.56 bits per heavy atom. The number of ether oxygens (including phenoxy) is 1. The SMILES string of the molecule is COc1c(Cl)cc(Cl)cc1C(=O)C(N)CO. The zero-order chi connectivity index (χ0) is 12.3. The number of aliphatic hydroxyl groups excluding tert-OH is 1. The Kier molecular flexibility index (Phi) is 4.56. The zero-order valence-electron chi connectivity index (χ0n) is 8.54. The van der Waals surface area contributed by atoms with Crippen molar-refractivity contribution < 1.29 is 14.6 Å². The zero-order valence-corrected chi connectivity index (χ0v) is 10.0. The molecule has 3 N–H and O–H groups in total. The smallest absolute Gasteiger partial charge is 0.185 e. The maximum absolute atomic E-state index is 11.8. The van der Waals surface area contributed by atoms with E-state index in [1.807, 2.05) is 0 Å². The number of halogens is 2. The largest absolute Gasteiger partial charge is 0.494 e. The minimum atomic E-state index is -1.01. The number of methoxy groups -OCH3 is 1. The molecule has 16 heavy (non-hydrogen) atoms. The Morgan fingerprint density at radius 3 is 2.69 bits per heavy atom. The number of ketones is 1. The topological polar surface area (TPSA) is 72.5 Å². The van der Waals surface area contributed by atoms with Gasteiger partial charge in [-0.1, -0.05) is 23.2 Å². The molecule has 4 nitrogen and oxygen atoms in total. The molecule has 0 radical (unpaired) electrons. The van der Waals surface area contributed by atoms with E-state index >= 15 is 0 Å². The predicted octanol–water partition coefficient (Wildman–Crippen LogP) is 1.50. The molecule has 0 spiro atoms. The third-order valence-corrected chi connectivity index (χ3v) is 2.51. The maximum atomic E-state index is 11.8. The van der Waals surface area contributed by atoms with Gasteiger partial charge < -0.3 is 15.6 Å². The Labute approximate surface area is 103 Å². The van der Waals surface area contributed by atoms with Crippen LogP contribution in [-0.2, 0) is 0 Å². The van der Waals surface area contributed by atoms with Crippen LogP contribution in [0, 0.1) is 0 Å². The summed E-state index contributed by atoms with van der Waals surface area (Å²) in [6.45, 7) is -0.452. The van der Waals surface area contributed by atoms with Crippen LogP contribution >= 0.6 is 23.2 Å². The molecule has 1 atom stereocenters. The van der Waals surface area contributed by atoms with E-state index in [1.54, 1.807) is 0 Å². The van der Waals surface area contributed by atoms with E-state index < -0.39 is 18.4 Å². The van der Waals surface area contributed by atoms with Crippen LogP contribution in [0.25, 0.3) is 0 Å². The summed E-state index contributed by atoms with van der Waals surface area (Å²) in [5, 5.41) is 9.35. The fourth-order valence-corrected chi connectivity index (χ4v) is 1.80. The number of carbonyl (C=O) groups is 1. The lowest BCUT2D eigenvalue weighted by Crippen LogP contribution is -2.34.